The smallest absolute Gasteiger partial charge is 0.326 e. The Labute approximate surface area is 149 Å². The quantitative estimate of drug-likeness (QED) is 0.809. The van der Waals surface area contributed by atoms with Crippen LogP contribution in [0.4, 0.5) is 0 Å². The van der Waals surface area contributed by atoms with Crippen LogP contribution in [-0.2, 0) is 4.79 Å². The normalized spacial score (nSPS) is 12.2. The van der Waals surface area contributed by atoms with Gasteiger partial charge in [0, 0.05) is 5.56 Å². The van der Waals surface area contributed by atoms with Crippen LogP contribution in [0.1, 0.15) is 35.6 Å². The summed E-state index contributed by atoms with van der Waals surface area (Å²) in [6, 6.07) is 6.35. The van der Waals surface area contributed by atoms with Crippen LogP contribution in [0.5, 0.6) is 0 Å². The zero-order valence-corrected chi connectivity index (χ0v) is 15.2. The number of amides is 1. The van der Waals surface area contributed by atoms with E-state index in [-0.39, 0.29) is 5.92 Å². The van der Waals surface area contributed by atoms with Gasteiger partial charge in [-0.1, -0.05) is 43.6 Å². The van der Waals surface area contributed by atoms with Crippen LogP contribution >= 0.6 is 22.9 Å². The van der Waals surface area contributed by atoms with Crippen molar-refractivity contribution < 1.29 is 14.7 Å². The Morgan fingerprint density at radius 1 is 1.33 bits per heavy atom. The fourth-order valence-electron chi connectivity index (χ4n) is 2.27. The van der Waals surface area contributed by atoms with E-state index in [1.54, 1.807) is 13.0 Å². The lowest BCUT2D eigenvalue weighted by Crippen LogP contribution is -2.41. The van der Waals surface area contributed by atoms with Crippen LogP contribution in [0.15, 0.2) is 24.3 Å². The first-order valence-electron chi connectivity index (χ1n) is 7.55. The van der Waals surface area contributed by atoms with E-state index in [9.17, 15) is 14.7 Å². The number of aliphatic carboxylic acids is 1. The Bertz CT molecular complexity index is 758. The maximum Gasteiger partial charge on any atom is 0.326 e. The average molecular weight is 367 g/mol. The molecule has 0 aliphatic rings. The summed E-state index contributed by atoms with van der Waals surface area (Å²) < 4.78 is 0. The molecule has 0 aliphatic heterocycles. The SMILES string of the molecule is Cc1nc(-c2ccccc2Cl)sc1C(=O)N[C@H](CC(C)C)C(=O)O. The van der Waals surface area contributed by atoms with E-state index in [4.69, 9.17) is 11.6 Å². The van der Waals surface area contributed by atoms with E-state index in [1.807, 2.05) is 32.0 Å². The Morgan fingerprint density at radius 2 is 2.00 bits per heavy atom. The zero-order chi connectivity index (χ0) is 17.9. The Hall–Kier alpha value is -1.92. The molecule has 0 bridgehead atoms. The van der Waals surface area contributed by atoms with Crippen molar-refractivity contribution >= 4 is 34.8 Å². The second-order valence-corrected chi connectivity index (χ2v) is 7.31. The van der Waals surface area contributed by atoms with Crippen LogP contribution in [0.2, 0.25) is 5.02 Å². The van der Waals surface area contributed by atoms with Crippen molar-refractivity contribution in [3.05, 3.63) is 39.9 Å². The Kier molecular flexibility index (Phi) is 5.96. The molecular weight excluding hydrogens is 348 g/mol. The number of aromatic nitrogens is 1. The first kappa shape index (κ1) is 18.4. The van der Waals surface area contributed by atoms with Crippen molar-refractivity contribution in [3.63, 3.8) is 0 Å². The van der Waals surface area contributed by atoms with Gasteiger partial charge in [-0.2, -0.15) is 0 Å². The number of hydrogen-bond donors (Lipinski definition) is 2. The van der Waals surface area contributed by atoms with Crippen molar-refractivity contribution in [3.8, 4) is 10.6 Å². The second-order valence-electron chi connectivity index (χ2n) is 5.91. The van der Waals surface area contributed by atoms with E-state index >= 15 is 0 Å². The molecule has 1 amide bonds. The molecule has 2 aromatic rings. The summed E-state index contributed by atoms with van der Waals surface area (Å²) in [5.74, 6) is -1.30. The number of hydrogen-bond acceptors (Lipinski definition) is 4. The summed E-state index contributed by atoms with van der Waals surface area (Å²) in [5.41, 5.74) is 1.31. The highest BCUT2D eigenvalue weighted by Gasteiger charge is 2.24. The lowest BCUT2D eigenvalue weighted by atomic mass is 10.0. The molecule has 24 heavy (non-hydrogen) atoms. The molecule has 1 atom stereocenters. The second kappa shape index (κ2) is 7.77. The molecule has 0 radical (unpaired) electrons. The molecule has 1 aromatic heterocycles. The largest absolute Gasteiger partial charge is 0.480 e. The molecule has 1 heterocycles. The minimum absolute atomic E-state index is 0.160. The minimum atomic E-state index is -1.04. The molecule has 2 N–H and O–H groups in total. The number of rotatable bonds is 6. The highest BCUT2D eigenvalue weighted by atomic mass is 35.5. The number of carboxylic acids is 1. The lowest BCUT2D eigenvalue weighted by molar-refractivity contribution is -0.139. The van der Waals surface area contributed by atoms with Crippen LogP contribution in [0.3, 0.4) is 0 Å². The summed E-state index contributed by atoms with van der Waals surface area (Å²) >= 11 is 7.38. The topological polar surface area (TPSA) is 79.3 Å². The summed E-state index contributed by atoms with van der Waals surface area (Å²) in [6.45, 7) is 5.55. The van der Waals surface area contributed by atoms with Crippen LogP contribution in [0, 0.1) is 12.8 Å². The molecule has 128 valence electrons. The number of aryl methyl sites for hydroxylation is 1. The first-order valence-corrected chi connectivity index (χ1v) is 8.75. The van der Waals surface area contributed by atoms with E-state index in [0.717, 1.165) is 5.56 Å². The van der Waals surface area contributed by atoms with Gasteiger partial charge in [-0.15, -0.1) is 11.3 Å². The predicted octanol–water partition coefficient (Wildman–Crippen LogP) is 4.00. The van der Waals surface area contributed by atoms with Crippen LogP contribution in [-0.4, -0.2) is 28.0 Å². The summed E-state index contributed by atoms with van der Waals surface area (Å²) in [5, 5.41) is 13.0. The molecule has 1 aromatic carbocycles. The third-order valence-corrected chi connectivity index (χ3v) is 4.94. The van der Waals surface area contributed by atoms with Crippen molar-refractivity contribution in [2.24, 2.45) is 5.92 Å². The van der Waals surface area contributed by atoms with Gasteiger partial charge in [-0.3, -0.25) is 4.79 Å². The number of carbonyl (C=O) groups excluding carboxylic acids is 1. The van der Waals surface area contributed by atoms with E-state index in [1.165, 1.54) is 11.3 Å². The number of nitrogens with one attached hydrogen (secondary N) is 1. The highest BCUT2D eigenvalue weighted by Crippen LogP contribution is 2.32. The van der Waals surface area contributed by atoms with Gasteiger partial charge in [0.2, 0.25) is 0 Å². The van der Waals surface area contributed by atoms with E-state index < -0.39 is 17.9 Å². The van der Waals surface area contributed by atoms with Crippen molar-refractivity contribution in [1.82, 2.24) is 10.3 Å². The number of benzene rings is 1. The third-order valence-electron chi connectivity index (χ3n) is 3.42. The van der Waals surface area contributed by atoms with E-state index in [2.05, 4.69) is 10.3 Å². The number of thiazole rings is 1. The fraction of sp³-hybridized carbons (Fsp3) is 0.353. The average Bonchev–Trinajstić information content (AvgIpc) is 2.88. The summed E-state index contributed by atoms with van der Waals surface area (Å²) in [4.78, 5) is 28.6. The van der Waals surface area contributed by atoms with Gasteiger partial charge in [-0.25, -0.2) is 9.78 Å². The fourth-order valence-corrected chi connectivity index (χ4v) is 3.56. The molecule has 0 fully saturated rings. The molecule has 0 saturated carbocycles. The number of halogens is 1. The maximum atomic E-state index is 12.5. The monoisotopic (exact) mass is 366 g/mol. The van der Waals surface area contributed by atoms with Gasteiger partial charge in [0.05, 0.1) is 10.7 Å². The molecule has 5 nitrogen and oxygen atoms in total. The molecule has 0 spiro atoms. The number of carbonyl (C=O) groups is 2. The van der Waals surface area contributed by atoms with E-state index in [0.29, 0.717) is 27.0 Å². The number of nitrogens with zero attached hydrogens (tertiary/aromatic N) is 1. The third kappa shape index (κ3) is 4.33. The standard InChI is InChI=1S/C17H19ClN2O3S/c1-9(2)8-13(17(22)23)20-15(21)14-10(3)19-16(24-14)11-6-4-5-7-12(11)18/h4-7,9,13H,8H2,1-3H3,(H,20,21)(H,22,23)/t13-/m1/s1. The van der Waals surface area contributed by atoms with Gasteiger partial charge in [-0.05, 0) is 25.3 Å². The van der Waals surface area contributed by atoms with Crippen molar-refractivity contribution in [2.75, 3.05) is 0 Å². The van der Waals surface area contributed by atoms with Crippen molar-refractivity contribution in [1.29, 1.82) is 0 Å². The highest BCUT2D eigenvalue weighted by molar-refractivity contribution is 7.17. The maximum absolute atomic E-state index is 12.5. The lowest BCUT2D eigenvalue weighted by Gasteiger charge is -2.15. The van der Waals surface area contributed by atoms with Crippen molar-refractivity contribution in [2.45, 2.75) is 33.2 Å². The number of carboxylic acid groups (broad SMARTS) is 1. The van der Waals surface area contributed by atoms with Crippen LogP contribution < -0.4 is 5.32 Å². The first-order chi connectivity index (χ1) is 11.3. The molecule has 2 rings (SSSR count). The van der Waals surface area contributed by atoms with Gasteiger partial charge < -0.3 is 10.4 Å². The molecule has 0 saturated heterocycles. The van der Waals surface area contributed by atoms with Gasteiger partial charge in [0.15, 0.2) is 0 Å². The minimum Gasteiger partial charge on any atom is -0.480 e. The Balaban J connectivity index is 2.25. The van der Waals surface area contributed by atoms with Crippen LogP contribution in [0.25, 0.3) is 10.6 Å². The Morgan fingerprint density at radius 3 is 2.58 bits per heavy atom. The molecule has 0 aliphatic carbocycles. The van der Waals surface area contributed by atoms with Gasteiger partial charge in [0.1, 0.15) is 15.9 Å². The summed E-state index contributed by atoms with van der Waals surface area (Å²) in [7, 11) is 0. The molecule has 7 heteroatoms. The van der Waals surface area contributed by atoms with Gasteiger partial charge in [0.25, 0.3) is 5.91 Å². The predicted molar refractivity (Wildman–Crippen MR) is 95.6 cm³/mol. The molecular formula is C17H19ClN2O3S. The molecule has 0 unspecified atom stereocenters. The zero-order valence-electron chi connectivity index (χ0n) is 13.7. The summed E-state index contributed by atoms with van der Waals surface area (Å²) in [6.07, 6.45) is 0.371. The van der Waals surface area contributed by atoms with Gasteiger partial charge >= 0.3 is 5.97 Å².